The number of likely N-dealkylation sites (N-methyl/N-ethyl adjacent to an activating group) is 2. The summed E-state index contributed by atoms with van der Waals surface area (Å²) in [6.45, 7) is 7.83. The molecule has 2 aliphatic rings. The Morgan fingerprint density at radius 3 is 2.26 bits per heavy atom. The number of carbonyl (C=O) groups is 4. The fraction of sp³-hybridized carbons (Fsp3) is 0.667. The first-order valence-corrected chi connectivity index (χ1v) is 14.3. The van der Waals surface area contributed by atoms with Crippen LogP contribution in [0.5, 0.6) is 0 Å². The van der Waals surface area contributed by atoms with Gasteiger partial charge in [-0.3, -0.25) is 19.2 Å². The van der Waals surface area contributed by atoms with E-state index in [1.165, 1.54) is 17.4 Å². The summed E-state index contributed by atoms with van der Waals surface area (Å²) in [5.41, 5.74) is 2.27. The van der Waals surface area contributed by atoms with Crippen molar-refractivity contribution < 1.29 is 19.2 Å². The van der Waals surface area contributed by atoms with E-state index in [9.17, 15) is 19.2 Å². The van der Waals surface area contributed by atoms with Gasteiger partial charge in [0.2, 0.25) is 23.6 Å². The van der Waals surface area contributed by atoms with E-state index in [1.807, 2.05) is 39.0 Å². The van der Waals surface area contributed by atoms with E-state index in [-0.39, 0.29) is 41.4 Å². The Balaban J connectivity index is 1.88. The lowest BCUT2D eigenvalue weighted by atomic mass is 9.82. The molecule has 0 saturated heterocycles. The highest BCUT2D eigenvalue weighted by Gasteiger charge is 2.40. The zero-order valence-electron chi connectivity index (χ0n) is 23.7. The first kappa shape index (κ1) is 29.7. The van der Waals surface area contributed by atoms with Crippen LogP contribution in [-0.4, -0.2) is 60.2 Å². The third kappa shape index (κ3) is 7.35. The predicted molar refractivity (Wildman–Crippen MR) is 148 cm³/mol. The van der Waals surface area contributed by atoms with Crippen molar-refractivity contribution in [1.29, 1.82) is 0 Å². The van der Waals surface area contributed by atoms with E-state index >= 15 is 0 Å². The monoisotopic (exact) mass is 526 g/mol. The molecule has 38 heavy (non-hydrogen) atoms. The van der Waals surface area contributed by atoms with Gasteiger partial charge < -0.3 is 20.9 Å². The summed E-state index contributed by atoms with van der Waals surface area (Å²) in [4.78, 5) is 54.5. The zero-order valence-corrected chi connectivity index (χ0v) is 23.7. The van der Waals surface area contributed by atoms with Gasteiger partial charge in [0.1, 0.15) is 18.1 Å². The molecule has 1 fully saturated rings. The number of benzene rings is 1. The number of aryl methyl sites for hydroxylation is 1. The minimum Gasteiger partial charge on any atom is -0.355 e. The van der Waals surface area contributed by atoms with Crippen LogP contribution in [0.1, 0.15) is 89.7 Å². The maximum absolute atomic E-state index is 14.0. The summed E-state index contributed by atoms with van der Waals surface area (Å²) >= 11 is 0. The van der Waals surface area contributed by atoms with Gasteiger partial charge in [-0.1, -0.05) is 57.4 Å². The van der Waals surface area contributed by atoms with Crippen LogP contribution in [0.3, 0.4) is 0 Å². The Labute approximate surface area is 227 Å². The van der Waals surface area contributed by atoms with Gasteiger partial charge in [0, 0.05) is 26.4 Å². The van der Waals surface area contributed by atoms with Crippen molar-refractivity contribution in [2.75, 3.05) is 13.6 Å². The molecule has 0 heterocycles. The number of rotatable bonds is 11. The highest BCUT2D eigenvalue weighted by Crippen LogP contribution is 2.36. The van der Waals surface area contributed by atoms with Gasteiger partial charge in [-0.2, -0.15) is 0 Å². The highest BCUT2D eigenvalue weighted by atomic mass is 16.2. The summed E-state index contributed by atoms with van der Waals surface area (Å²) in [5, 5.41) is 8.83. The SMILES string of the molecule is CCNC(=O)[C@@H](CC(C)C)N(C)C(=O)[C@H](NC(=O)[C@H](NC(C)=O)C1CCc2ccccc21)C1CCCCC1. The molecule has 0 bridgehead atoms. The van der Waals surface area contributed by atoms with Crippen molar-refractivity contribution >= 4 is 23.6 Å². The summed E-state index contributed by atoms with van der Waals surface area (Å²) < 4.78 is 0. The number of hydrogen-bond donors (Lipinski definition) is 3. The molecule has 0 aromatic heterocycles. The van der Waals surface area contributed by atoms with E-state index in [4.69, 9.17) is 0 Å². The van der Waals surface area contributed by atoms with Gasteiger partial charge in [0.15, 0.2) is 0 Å². The van der Waals surface area contributed by atoms with Crippen molar-refractivity contribution in [1.82, 2.24) is 20.9 Å². The topological polar surface area (TPSA) is 108 Å². The number of carbonyl (C=O) groups excluding carboxylic acids is 4. The smallest absolute Gasteiger partial charge is 0.245 e. The second kappa shape index (κ2) is 13.8. The Hall–Kier alpha value is -2.90. The van der Waals surface area contributed by atoms with Crippen molar-refractivity contribution in [3.05, 3.63) is 35.4 Å². The summed E-state index contributed by atoms with van der Waals surface area (Å²) in [6.07, 6.45) is 6.95. The maximum Gasteiger partial charge on any atom is 0.245 e. The predicted octanol–water partition coefficient (Wildman–Crippen LogP) is 3.30. The molecule has 3 rings (SSSR count). The molecule has 3 N–H and O–H groups in total. The van der Waals surface area contributed by atoms with Gasteiger partial charge in [0.05, 0.1) is 0 Å². The molecule has 0 radical (unpaired) electrons. The lowest BCUT2D eigenvalue weighted by Crippen LogP contribution is -2.60. The Kier molecular flexibility index (Phi) is 10.7. The molecule has 1 unspecified atom stereocenters. The second-order valence-corrected chi connectivity index (χ2v) is 11.4. The molecule has 0 aliphatic heterocycles. The molecule has 1 saturated carbocycles. The first-order valence-electron chi connectivity index (χ1n) is 14.3. The van der Waals surface area contributed by atoms with Crippen molar-refractivity contribution in [3.63, 3.8) is 0 Å². The lowest BCUT2D eigenvalue weighted by Gasteiger charge is -2.37. The third-order valence-corrected chi connectivity index (χ3v) is 8.07. The fourth-order valence-corrected chi connectivity index (χ4v) is 6.15. The number of nitrogens with zero attached hydrogens (tertiary/aromatic N) is 1. The van der Waals surface area contributed by atoms with Crippen molar-refractivity contribution in [2.24, 2.45) is 11.8 Å². The third-order valence-electron chi connectivity index (χ3n) is 8.07. The average Bonchev–Trinajstić information content (AvgIpc) is 3.32. The van der Waals surface area contributed by atoms with E-state index < -0.39 is 18.1 Å². The van der Waals surface area contributed by atoms with Crippen LogP contribution < -0.4 is 16.0 Å². The Bertz CT molecular complexity index is 988. The van der Waals surface area contributed by atoms with Crippen LogP contribution in [-0.2, 0) is 25.6 Å². The van der Waals surface area contributed by atoms with Gasteiger partial charge in [-0.15, -0.1) is 0 Å². The van der Waals surface area contributed by atoms with E-state index in [1.54, 1.807) is 7.05 Å². The van der Waals surface area contributed by atoms with Crippen LogP contribution in [0.15, 0.2) is 24.3 Å². The first-order chi connectivity index (χ1) is 18.1. The minimum absolute atomic E-state index is 0.00886. The fourth-order valence-electron chi connectivity index (χ4n) is 6.15. The number of nitrogens with one attached hydrogen (secondary N) is 3. The molecular formula is C30H46N4O4. The number of fused-ring (bicyclic) bond motifs is 1. The summed E-state index contributed by atoms with van der Waals surface area (Å²) in [6, 6.07) is 5.91. The van der Waals surface area contributed by atoms with Gasteiger partial charge >= 0.3 is 0 Å². The molecule has 2 aliphatic carbocycles. The second-order valence-electron chi connectivity index (χ2n) is 11.4. The average molecular weight is 527 g/mol. The van der Waals surface area contributed by atoms with Gasteiger partial charge in [-0.05, 0) is 62.0 Å². The Morgan fingerprint density at radius 1 is 0.947 bits per heavy atom. The molecule has 4 atom stereocenters. The van der Waals surface area contributed by atoms with Crippen LogP contribution in [0.2, 0.25) is 0 Å². The van der Waals surface area contributed by atoms with Crippen molar-refractivity contribution in [2.45, 2.75) is 103 Å². The maximum atomic E-state index is 14.0. The molecule has 0 spiro atoms. The van der Waals surface area contributed by atoms with E-state index in [2.05, 4.69) is 22.0 Å². The molecule has 4 amide bonds. The van der Waals surface area contributed by atoms with E-state index in [0.717, 1.165) is 50.5 Å². The molecular weight excluding hydrogens is 480 g/mol. The lowest BCUT2D eigenvalue weighted by molar-refractivity contribution is -0.144. The normalized spacial score (nSPS) is 19.7. The van der Waals surface area contributed by atoms with Crippen LogP contribution in [0, 0.1) is 11.8 Å². The molecule has 1 aromatic carbocycles. The number of amides is 4. The highest BCUT2D eigenvalue weighted by molar-refractivity contribution is 5.94. The van der Waals surface area contributed by atoms with Gasteiger partial charge in [-0.25, -0.2) is 0 Å². The van der Waals surface area contributed by atoms with Crippen LogP contribution >= 0.6 is 0 Å². The van der Waals surface area contributed by atoms with E-state index in [0.29, 0.717) is 13.0 Å². The molecule has 1 aromatic rings. The summed E-state index contributed by atoms with van der Waals surface area (Å²) in [7, 11) is 1.67. The van der Waals surface area contributed by atoms with Crippen LogP contribution in [0.4, 0.5) is 0 Å². The molecule has 8 nitrogen and oxygen atoms in total. The standard InChI is InChI=1S/C30H46N4O4/c1-6-31-28(36)25(18-19(2)3)34(5)30(38)26(22-13-8-7-9-14-22)33-29(37)27(32-20(4)35)24-17-16-21-12-10-11-15-23(21)24/h10-12,15,19,22,24-27H,6-9,13-14,16-18H2,1-5H3,(H,31,36)(H,32,35)(H,33,37)/t24?,25-,26-,27-/m1/s1. The van der Waals surface area contributed by atoms with Crippen molar-refractivity contribution in [3.8, 4) is 0 Å². The number of hydrogen-bond acceptors (Lipinski definition) is 4. The summed E-state index contributed by atoms with van der Waals surface area (Å²) in [5.74, 6) is -0.977. The van der Waals surface area contributed by atoms with Gasteiger partial charge in [0.25, 0.3) is 0 Å². The largest absolute Gasteiger partial charge is 0.355 e. The minimum atomic E-state index is -0.768. The quantitative estimate of drug-likeness (QED) is 0.411. The molecule has 8 heteroatoms. The Morgan fingerprint density at radius 2 is 1.63 bits per heavy atom. The van der Waals surface area contributed by atoms with Crippen LogP contribution in [0.25, 0.3) is 0 Å². The molecule has 210 valence electrons. The zero-order chi connectivity index (χ0) is 27.8.